The Morgan fingerprint density at radius 3 is 1.62 bits per heavy atom. The van der Waals surface area contributed by atoms with Gasteiger partial charge in [0.25, 0.3) is 5.91 Å². The van der Waals surface area contributed by atoms with Crippen LogP contribution in [0.1, 0.15) is 26.3 Å². The van der Waals surface area contributed by atoms with Crippen molar-refractivity contribution >= 4 is 40.8 Å². The molecule has 0 heterocycles. The first-order valence-corrected chi connectivity index (χ1v) is 8.97. The summed E-state index contributed by atoms with van der Waals surface area (Å²) >= 11 is 0. The molecule has 2 aromatic carbocycles. The van der Waals surface area contributed by atoms with Crippen molar-refractivity contribution in [3.05, 3.63) is 54.1 Å². The summed E-state index contributed by atoms with van der Waals surface area (Å²) in [5, 5.41) is 7.92. The average Bonchev–Trinajstić information content (AvgIpc) is 2.64. The van der Waals surface area contributed by atoms with E-state index in [1.54, 1.807) is 48.5 Å². The molecule has 3 N–H and O–H groups in total. The van der Waals surface area contributed by atoms with Crippen molar-refractivity contribution in [3.8, 4) is 0 Å². The summed E-state index contributed by atoms with van der Waals surface area (Å²) in [4.78, 5) is 46.3. The van der Waals surface area contributed by atoms with Crippen molar-refractivity contribution in [2.45, 2.75) is 33.3 Å². The largest absolute Gasteiger partial charge is 0.452 e. The second-order valence-corrected chi connectivity index (χ2v) is 6.43. The zero-order valence-corrected chi connectivity index (χ0v) is 16.4. The van der Waals surface area contributed by atoms with Crippen molar-refractivity contribution in [1.29, 1.82) is 0 Å². The number of esters is 1. The molecule has 0 saturated carbocycles. The number of hydrogen-bond acceptors (Lipinski definition) is 5. The molecule has 0 aliphatic carbocycles. The van der Waals surface area contributed by atoms with Gasteiger partial charge in [0.1, 0.15) is 0 Å². The van der Waals surface area contributed by atoms with Gasteiger partial charge in [-0.1, -0.05) is 12.1 Å². The first kappa shape index (κ1) is 21.6. The molecule has 0 saturated heterocycles. The maximum atomic E-state index is 12.2. The fraction of sp³-hybridized carbons (Fsp3) is 0.238. The van der Waals surface area contributed by atoms with Crippen LogP contribution >= 0.6 is 0 Å². The van der Waals surface area contributed by atoms with Crippen LogP contribution in [-0.4, -0.2) is 29.8 Å². The highest BCUT2D eigenvalue weighted by molar-refractivity contribution is 5.95. The Balaban J connectivity index is 1.84. The van der Waals surface area contributed by atoms with Crippen molar-refractivity contribution < 1.29 is 23.9 Å². The standard InChI is InChI=1S/C21H23N3O5/c1-13(21(28)24-19-10-8-18(9-11-19)23-15(3)26)29-20(27)12-16-4-6-17(7-5-16)22-14(2)25/h4-11,13H,12H2,1-3H3,(H,22,25)(H,23,26)(H,24,28)/t13-/m0/s1. The van der Waals surface area contributed by atoms with E-state index in [0.717, 1.165) is 0 Å². The molecular weight excluding hydrogens is 374 g/mol. The van der Waals surface area contributed by atoms with E-state index in [2.05, 4.69) is 16.0 Å². The van der Waals surface area contributed by atoms with E-state index in [0.29, 0.717) is 22.6 Å². The lowest BCUT2D eigenvalue weighted by molar-refractivity contribution is -0.152. The lowest BCUT2D eigenvalue weighted by Crippen LogP contribution is -2.30. The molecule has 1 atom stereocenters. The predicted octanol–water partition coefficient (Wildman–Crippen LogP) is 2.72. The number of nitrogens with one attached hydrogen (secondary N) is 3. The molecule has 0 aromatic heterocycles. The van der Waals surface area contributed by atoms with Crippen LogP contribution in [0.5, 0.6) is 0 Å². The summed E-state index contributed by atoms with van der Waals surface area (Å²) in [5.41, 5.74) is 2.46. The minimum absolute atomic E-state index is 0.00336. The molecular formula is C21H23N3O5. The molecule has 0 radical (unpaired) electrons. The summed E-state index contributed by atoms with van der Waals surface area (Å²) in [6, 6.07) is 13.3. The van der Waals surface area contributed by atoms with Gasteiger partial charge in [-0.25, -0.2) is 0 Å². The van der Waals surface area contributed by atoms with Gasteiger partial charge < -0.3 is 20.7 Å². The Kier molecular flexibility index (Phi) is 7.47. The third kappa shape index (κ3) is 7.45. The molecule has 0 bridgehead atoms. The third-order valence-corrected chi connectivity index (χ3v) is 3.77. The molecule has 152 valence electrons. The SMILES string of the molecule is CC(=O)Nc1ccc(CC(=O)O[C@@H](C)C(=O)Nc2ccc(NC(C)=O)cc2)cc1. The van der Waals surface area contributed by atoms with Crippen LogP contribution in [-0.2, 0) is 30.3 Å². The zero-order valence-electron chi connectivity index (χ0n) is 16.4. The van der Waals surface area contributed by atoms with Crippen LogP contribution < -0.4 is 16.0 Å². The van der Waals surface area contributed by atoms with Gasteiger partial charge in [0, 0.05) is 30.9 Å². The molecule has 3 amide bonds. The van der Waals surface area contributed by atoms with Crippen molar-refractivity contribution in [2.75, 3.05) is 16.0 Å². The van der Waals surface area contributed by atoms with Crippen LogP contribution in [0.2, 0.25) is 0 Å². The molecule has 0 fully saturated rings. The van der Waals surface area contributed by atoms with Gasteiger partial charge in [0.05, 0.1) is 6.42 Å². The number of amides is 3. The summed E-state index contributed by atoms with van der Waals surface area (Å²) in [6.07, 6.45) is -0.972. The fourth-order valence-corrected chi connectivity index (χ4v) is 2.45. The number of hydrogen-bond donors (Lipinski definition) is 3. The number of benzene rings is 2. The minimum atomic E-state index is -0.976. The molecule has 2 rings (SSSR count). The Morgan fingerprint density at radius 2 is 1.17 bits per heavy atom. The fourth-order valence-electron chi connectivity index (χ4n) is 2.45. The number of anilines is 3. The Bertz CT molecular complexity index is 892. The Morgan fingerprint density at radius 1 is 0.759 bits per heavy atom. The summed E-state index contributed by atoms with van der Waals surface area (Å²) in [7, 11) is 0. The first-order chi connectivity index (χ1) is 13.7. The van der Waals surface area contributed by atoms with Gasteiger partial charge in [-0.05, 0) is 48.9 Å². The van der Waals surface area contributed by atoms with Crippen LogP contribution in [0, 0.1) is 0 Å². The number of carbonyl (C=O) groups excluding carboxylic acids is 4. The molecule has 8 heteroatoms. The normalized spacial score (nSPS) is 11.1. The van der Waals surface area contributed by atoms with Gasteiger partial charge in [0.15, 0.2) is 6.10 Å². The maximum Gasteiger partial charge on any atom is 0.311 e. The number of ether oxygens (including phenoxy) is 1. The Hall–Kier alpha value is -3.68. The highest BCUT2D eigenvalue weighted by atomic mass is 16.5. The predicted molar refractivity (Wildman–Crippen MR) is 109 cm³/mol. The summed E-state index contributed by atoms with van der Waals surface area (Å²) in [5.74, 6) is -1.37. The highest BCUT2D eigenvalue weighted by Crippen LogP contribution is 2.15. The highest BCUT2D eigenvalue weighted by Gasteiger charge is 2.18. The lowest BCUT2D eigenvalue weighted by atomic mass is 10.1. The van der Waals surface area contributed by atoms with E-state index in [9.17, 15) is 19.2 Å². The quantitative estimate of drug-likeness (QED) is 0.622. The Labute approximate surface area is 168 Å². The third-order valence-electron chi connectivity index (χ3n) is 3.77. The average molecular weight is 397 g/mol. The molecule has 0 aliphatic heterocycles. The molecule has 2 aromatic rings. The van der Waals surface area contributed by atoms with E-state index in [-0.39, 0.29) is 18.2 Å². The zero-order chi connectivity index (χ0) is 21.4. The molecule has 0 aliphatic rings. The van der Waals surface area contributed by atoms with Gasteiger partial charge in [-0.2, -0.15) is 0 Å². The number of rotatable bonds is 7. The van der Waals surface area contributed by atoms with E-state index in [1.165, 1.54) is 20.8 Å². The maximum absolute atomic E-state index is 12.2. The van der Waals surface area contributed by atoms with Crippen LogP contribution in [0.4, 0.5) is 17.1 Å². The van der Waals surface area contributed by atoms with Crippen molar-refractivity contribution in [1.82, 2.24) is 0 Å². The second-order valence-electron chi connectivity index (χ2n) is 6.43. The van der Waals surface area contributed by atoms with Crippen LogP contribution in [0.15, 0.2) is 48.5 Å². The lowest BCUT2D eigenvalue weighted by Gasteiger charge is -2.14. The van der Waals surface area contributed by atoms with Gasteiger partial charge >= 0.3 is 5.97 Å². The molecule has 29 heavy (non-hydrogen) atoms. The van der Waals surface area contributed by atoms with Crippen LogP contribution in [0.25, 0.3) is 0 Å². The van der Waals surface area contributed by atoms with E-state index in [1.807, 2.05) is 0 Å². The smallest absolute Gasteiger partial charge is 0.311 e. The topological polar surface area (TPSA) is 114 Å². The molecule has 8 nitrogen and oxygen atoms in total. The van der Waals surface area contributed by atoms with E-state index >= 15 is 0 Å². The van der Waals surface area contributed by atoms with Gasteiger partial charge in [-0.15, -0.1) is 0 Å². The van der Waals surface area contributed by atoms with Crippen molar-refractivity contribution in [2.24, 2.45) is 0 Å². The first-order valence-electron chi connectivity index (χ1n) is 8.97. The number of carbonyl (C=O) groups is 4. The van der Waals surface area contributed by atoms with Gasteiger partial charge in [0.2, 0.25) is 11.8 Å². The monoisotopic (exact) mass is 397 g/mol. The minimum Gasteiger partial charge on any atom is -0.452 e. The van der Waals surface area contributed by atoms with Crippen LogP contribution in [0.3, 0.4) is 0 Å². The van der Waals surface area contributed by atoms with E-state index in [4.69, 9.17) is 4.74 Å². The second kappa shape index (κ2) is 10.0. The van der Waals surface area contributed by atoms with E-state index < -0.39 is 18.0 Å². The summed E-state index contributed by atoms with van der Waals surface area (Å²) < 4.78 is 5.18. The van der Waals surface area contributed by atoms with Gasteiger partial charge in [-0.3, -0.25) is 19.2 Å². The van der Waals surface area contributed by atoms with Crippen molar-refractivity contribution in [3.63, 3.8) is 0 Å². The molecule has 0 spiro atoms. The summed E-state index contributed by atoms with van der Waals surface area (Å²) in [6.45, 7) is 4.30. The molecule has 0 unspecified atom stereocenters.